The minimum Gasteiger partial charge on any atom is -0.407 e. The minimum absolute atomic E-state index is 0.0818. The van der Waals surface area contributed by atoms with E-state index in [2.05, 4.69) is 59.4 Å². The lowest BCUT2D eigenvalue weighted by Gasteiger charge is -2.31. The van der Waals surface area contributed by atoms with Gasteiger partial charge in [-0.1, -0.05) is 39.7 Å². The van der Waals surface area contributed by atoms with E-state index < -0.39 is 16.4 Å². The summed E-state index contributed by atoms with van der Waals surface area (Å²) in [7, 11) is -2.67. The second-order valence-corrected chi connectivity index (χ2v) is 17.0. The maximum Gasteiger partial charge on any atom is 0.185 e. The maximum atomic E-state index is 6.26. The Morgan fingerprint density at radius 2 is 1.47 bits per heavy atom. The van der Waals surface area contributed by atoms with Gasteiger partial charge >= 0.3 is 0 Å². The van der Waals surface area contributed by atoms with Crippen molar-refractivity contribution in [2.75, 3.05) is 0 Å². The highest BCUT2D eigenvalue weighted by Gasteiger charge is 2.27. The highest BCUT2D eigenvalue weighted by atomic mass is 28.4. The number of rotatable bonds is 7. The Balaban J connectivity index is 4.82. The van der Waals surface area contributed by atoms with Gasteiger partial charge in [0.05, 0.1) is 6.10 Å². The number of hydrogen-bond acceptors (Lipinski definition) is 1. The van der Waals surface area contributed by atoms with Crippen LogP contribution in [0.2, 0.25) is 45.3 Å². The molecule has 0 bridgehead atoms. The smallest absolute Gasteiger partial charge is 0.185 e. The summed E-state index contributed by atoms with van der Waals surface area (Å²) in [5.74, 6) is 0. The Kier molecular flexibility index (Phi) is 6.12. The van der Waals surface area contributed by atoms with Crippen LogP contribution >= 0.6 is 0 Å². The fraction of sp³-hybridized carbons (Fsp3) is 0.714. The molecule has 17 heavy (non-hydrogen) atoms. The van der Waals surface area contributed by atoms with Gasteiger partial charge < -0.3 is 4.43 Å². The van der Waals surface area contributed by atoms with Gasteiger partial charge in [0.2, 0.25) is 0 Å². The van der Waals surface area contributed by atoms with E-state index >= 15 is 0 Å². The summed E-state index contributed by atoms with van der Waals surface area (Å²) in [5.41, 5.74) is 2.41. The van der Waals surface area contributed by atoms with Crippen LogP contribution in [0.25, 0.3) is 0 Å². The zero-order chi connectivity index (χ0) is 13.9. The van der Waals surface area contributed by atoms with Crippen molar-refractivity contribution in [3.05, 3.63) is 24.3 Å². The van der Waals surface area contributed by atoms with Gasteiger partial charge in [-0.2, -0.15) is 0 Å². The van der Waals surface area contributed by atoms with Crippen molar-refractivity contribution in [1.29, 1.82) is 0 Å². The highest BCUT2D eigenvalue weighted by molar-refractivity contribution is 6.76. The Morgan fingerprint density at radius 1 is 1.00 bits per heavy atom. The van der Waals surface area contributed by atoms with Crippen molar-refractivity contribution < 1.29 is 4.43 Å². The molecule has 0 aliphatic carbocycles. The van der Waals surface area contributed by atoms with Gasteiger partial charge in [0.15, 0.2) is 8.32 Å². The van der Waals surface area contributed by atoms with Gasteiger partial charge in [-0.3, -0.25) is 0 Å². The Labute approximate surface area is 110 Å². The van der Waals surface area contributed by atoms with Crippen molar-refractivity contribution in [2.45, 2.75) is 64.8 Å². The quantitative estimate of drug-likeness (QED) is 0.464. The normalized spacial score (nSPS) is 14.5. The molecule has 0 aromatic carbocycles. The summed E-state index contributed by atoms with van der Waals surface area (Å²) >= 11 is 0. The zero-order valence-corrected chi connectivity index (χ0v) is 14.8. The first-order chi connectivity index (χ1) is 7.46. The SMILES string of the molecule is C=C(CC)C(O[Si](C)(C)C)C(=C)C[Si](C)(C)C. The van der Waals surface area contributed by atoms with Crippen LogP contribution < -0.4 is 0 Å². The van der Waals surface area contributed by atoms with Gasteiger partial charge in [0.1, 0.15) is 0 Å². The van der Waals surface area contributed by atoms with Crippen molar-refractivity contribution in [2.24, 2.45) is 0 Å². The van der Waals surface area contributed by atoms with E-state index in [9.17, 15) is 0 Å². The average Bonchev–Trinajstić information content (AvgIpc) is 2.08. The molecule has 3 heteroatoms. The molecular weight excluding hydrogens is 240 g/mol. The molecule has 0 saturated heterocycles. The van der Waals surface area contributed by atoms with Crippen LogP contribution in [0.3, 0.4) is 0 Å². The predicted octanol–water partition coefficient (Wildman–Crippen LogP) is 5.07. The van der Waals surface area contributed by atoms with Gasteiger partial charge in [0.25, 0.3) is 0 Å². The third-order valence-corrected chi connectivity index (χ3v) is 4.88. The maximum absolute atomic E-state index is 6.26. The van der Waals surface area contributed by atoms with Gasteiger partial charge in [-0.25, -0.2) is 0 Å². The molecule has 0 fully saturated rings. The molecule has 0 heterocycles. The van der Waals surface area contributed by atoms with E-state index in [0.717, 1.165) is 12.5 Å². The molecule has 0 aliphatic heterocycles. The van der Waals surface area contributed by atoms with Gasteiger partial charge in [-0.15, -0.1) is 0 Å². The highest BCUT2D eigenvalue weighted by Crippen LogP contribution is 2.27. The molecule has 0 aromatic heterocycles. The van der Waals surface area contributed by atoms with E-state index in [1.807, 2.05) is 0 Å². The van der Waals surface area contributed by atoms with Crippen LogP contribution in [0.4, 0.5) is 0 Å². The third kappa shape index (κ3) is 7.74. The molecular formula is C14H30OSi2. The molecule has 0 aromatic rings. The molecule has 0 saturated carbocycles. The first kappa shape index (κ1) is 16.9. The van der Waals surface area contributed by atoms with Gasteiger partial charge in [-0.05, 0) is 43.3 Å². The van der Waals surface area contributed by atoms with Crippen LogP contribution in [-0.2, 0) is 4.43 Å². The summed E-state index contributed by atoms with van der Waals surface area (Å²) in [4.78, 5) is 0. The standard InChI is InChI=1S/C14H30OSi2/c1-10-12(2)14(15-17(7,8)9)13(3)11-16(4,5)6/h14H,2-3,10-11H2,1,4-9H3. The fourth-order valence-corrected chi connectivity index (χ4v) is 4.36. The molecule has 0 rings (SSSR count). The summed E-state index contributed by atoms with van der Waals surface area (Å²) < 4.78 is 6.26. The topological polar surface area (TPSA) is 9.23 Å². The van der Waals surface area contributed by atoms with E-state index in [1.165, 1.54) is 11.1 Å². The fourth-order valence-electron chi connectivity index (χ4n) is 1.77. The van der Waals surface area contributed by atoms with Crippen molar-refractivity contribution in [3.63, 3.8) is 0 Å². The lowest BCUT2D eigenvalue weighted by Crippen LogP contribution is -2.35. The van der Waals surface area contributed by atoms with Crippen LogP contribution in [0.15, 0.2) is 24.3 Å². The molecule has 1 unspecified atom stereocenters. The first-order valence-corrected chi connectivity index (χ1v) is 13.6. The van der Waals surface area contributed by atoms with Gasteiger partial charge in [0, 0.05) is 8.07 Å². The molecule has 1 nitrogen and oxygen atoms in total. The average molecular weight is 271 g/mol. The van der Waals surface area contributed by atoms with Crippen LogP contribution in [-0.4, -0.2) is 22.5 Å². The molecule has 0 spiro atoms. The summed E-state index contributed by atoms with van der Waals surface area (Å²) in [5, 5.41) is 0. The van der Waals surface area contributed by atoms with E-state index in [4.69, 9.17) is 4.43 Å². The van der Waals surface area contributed by atoms with E-state index in [1.54, 1.807) is 0 Å². The first-order valence-electron chi connectivity index (χ1n) is 6.49. The Hall–Kier alpha value is -0.126. The summed E-state index contributed by atoms with van der Waals surface area (Å²) in [6.07, 6.45) is 1.05. The lowest BCUT2D eigenvalue weighted by atomic mass is 10.0. The van der Waals surface area contributed by atoms with Crippen molar-refractivity contribution >= 4 is 16.4 Å². The second-order valence-electron chi connectivity index (χ2n) is 7.02. The number of hydrogen-bond donors (Lipinski definition) is 0. The molecule has 0 amide bonds. The summed E-state index contributed by atoms with van der Waals surface area (Å²) in [6, 6.07) is 1.13. The third-order valence-electron chi connectivity index (χ3n) is 2.42. The van der Waals surface area contributed by atoms with Crippen molar-refractivity contribution in [3.8, 4) is 0 Å². The lowest BCUT2D eigenvalue weighted by molar-refractivity contribution is 0.262. The minimum atomic E-state index is -1.54. The molecule has 1 atom stereocenters. The van der Waals surface area contributed by atoms with Crippen LogP contribution in [0.1, 0.15) is 13.3 Å². The zero-order valence-electron chi connectivity index (χ0n) is 12.8. The summed E-state index contributed by atoms with van der Waals surface area (Å²) in [6.45, 7) is 24.4. The Bertz CT molecular complexity index is 282. The molecule has 100 valence electrons. The second kappa shape index (κ2) is 6.16. The van der Waals surface area contributed by atoms with Crippen LogP contribution in [0, 0.1) is 0 Å². The predicted molar refractivity (Wildman–Crippen MR) is 84.9 cm³/mol. The molecule has 0 radical (unpaired) electrons. The molecule has 0 aliphatic rings. The van der Waals surface area contributed by atoms with E-state index in [0.29, 0.717) is 0 Å². The largest absolute Gasteiger partial charge is 0.407 e. The molecule has 0 N–H and O–H groups in total. The van der Waals surface area contributed by atoms with Crippen molar-refractivity contribution in [1.82, 2.24) is 0 Å². The van der Waals surface area contributed by atoms with Crippen LogP contribution in [0.5, 0.6) is 0 Å². The van der Waals surface area contributed by atoms with E-state index in [-0.39, 0.29) is 6.10 Å². The monoisotopic (exact) mass is 270 g/mol. The Morgan fingerprint density at radius 3 is 1.76 bits per heavy atom.